The summed E-state index contributed by atoms with van der Waals surface area (Å²) in [4.78, 5) is 33.7. The van der Waals surface area contributed by atoms with Crippen molar-refractivity contribution in [3.8, 4) is 0 Å². The second-order valence-corrected chi connectivity index (χ2v) is 10.5. The molecule has 0 aromatic heterocycles. The van der Waals surface area contributed by atoms with Crippen LogP contribution in [0, 0.1) is 0 Å². The van der Waals surface area contributed by atoms with Gasteiger partial charge in [-0.25, -0.2) is 14.0 Å². The van der Waals surface area contributed by atoms with E-state index in [1.807, 2.05) is 32.9 Å². The van der Waals surface area contributed by atoms with Crippen LogP contribution in [-0.4, -0.2) is 42.8 Å². The fraction of sp³-hybridized carbons (Fsp3) is 0.364. The van der Waals surface area contributed by atoms with Crippen LogP contribution >= 0.6 is 34.8 Å². The van der Waals surface area contributed by atoms with Crippen molar-refractivity contribution in [2.45, 2.75) is 58.7 Å². The van der Waals surface area contributed by atoms with Crippen LogP contribution in [0.5, 0.6) is 0 Å². The van der Waals surface area contributed by atoms with Gasteiger partial charge in [0.05, 0.1) is 26.2 Å². The normalized spacial score (nSPS) is 11.5. The molecule has 0 heterocycles. The molecule has 0 amide bonds. The quantitative estimate of drug-likeness (QED) is 0.152. The fourth-order valence-corrected chi connectivity index (χ4v) is 3.86. The summed E-state index contributed by atoms with van der Waals surface area (Å²) in [6.45, 7) is 6.74. The van der Waals surface area contributed by atoms with Gasteiger partial charge >= 0.3 is 17.9 Å². The van der Waals surface area contributed by atoms with Gasteiger partial charge < -0.3 is 19.3 Å². The lowest BCUT2D eigenvalue weighted by molar-refractivity contribution is -0.154. The number of benzene rings is 3. The molecule has 2 atom stereocenters. The minimum absolute atomic E-state index is 0.200. The van der Waals surface area contributed by atoms with Gasteiger partial charge in [-0.3, -0.25) is 4.79 Å². The minimum atomic E-state index is -1.75. The first kappa shape index (κ1) is 38.9. The zero-order valence-electron chi connectivity index (χ0n) is 24.9. The van der Waals surface area contributed by atoms with E-state index in [1.165, 1.54) is 12.1 Å². The number of aliphatic hydroxyl groups is 1. The number of ether oxygens (including phenoxy) is 3. The molecule has 3 aromatic carbocycles. The third-order valence-corrected chi connectivity index (χ3v) is 6.04. The summed E-state index contributed by atoms with van der Waals surface area (Å²) in [5, 5.41) is 11.1. The molecule has 0 bridgehead atoms. The van der Waals surface area contributed by atoms with Gasteiger partial charge in [-0.05, 0) is 72.4 Å². The molecule has 0 radical (unpaired) electrons. The summed E-state index contributed by atoms with van der Waals surface area (Å²) >= 11 is 17.2. The van der Waals surface area contributed by atoms with Crippen LogP contribution < -0.4 is 0 Å². The summed E-state index contributed by atoms with van der Waals surface area (Å²) in [6, 6.07) is 19.9. The largest absolute Gasteiger partial charge is 0.465 e. The van der Waals surface area contributed by atoms with Crippen LogP contribution in [0.1, 0.15) is 69.0 Å². The number of carbonyl (C=O) groups is 3. The lowest BCUT2D eigenvalue weighted by Crippen LogP contribution is -2.15. The van der Waals surface area contributed by atoms with Gasteiger partial charge in [0.25, 0.3) is 0 Å². The Labute approximate surface area is 273 Å². The van der Waals surface area contributed by atoms with Crippen LogP contribution in [0.15, 0.2) is 72.8 Å². The Morgan fingerprint density at radius 2 is 1.14 bits per heavy atom. The molecule has 44 heavy (non-hydrogen) atoms. The Morgan fingerprint density at radius 1 is 0.682 bits per heavy atom. The van der Waals surface area contributed by atoms with E-state index in [1.54, 1.807) is 48.5 Å². The average molecular weight is 672 g/mol. The van der Waals surface area contributed by atoms with Crippen LogP contribution in [0.3, 0.4) is 0 Å². The Kier molecular flexibility index (Phi) is 19.7. The number of rotatable bonds is 12. The first-order valence-corrected chi connectivity index (χ1v) is 15.2. The molecule has 0 saturated heterocycles. The highest BCUT2D eigenvalue weighted by Gasteiger charge is 2.21. The molecular weight excluding hydrogens is 634 g/mol. The van der Waals surface area contributed by atoms with E-state index in [-0.39, 0.29) is 18.1 Å². The van der Waals surface area contributed by atoms with Crippen molar-refractivity contribution in [1.29, 1.82) is 0 Å². The highest BCUT2D eigenvalue weighted by atomic mass is 35.5. The predicted octanol–water partition coefficient (Wildman–Crippen LogP) is 8.47. The van der Waals surface area contributed by atoms with Gasteiger partial charge in [0.2, 0.25) is 6.17 Å². The third kappa shape index (κ3) is 16.1. The maximum absolute atomic E-state index is 13.5. The standard InChI is InChI=1S/C11H12ClFO2.C11H13ClO3.C11H13ClO2/c2*1-2-6-15-11(14)10(13)8-4-3-5-9(12)7-8;1-2-6-14-11(13)8-9-4-3-5-10(12)7-9/h3-5,7,10H,2,6H2,1H3;3-5,7,10,13H,2,6H2,1H3;3-5,7H,2,6,8H2,1H3/t2*10-;/m10./s1. The van der Waals surface area contributed by atoms with Gasteiger partial charge in [-0.15, -0.1) is 0 Å². The number of hydrogen-bond acceptors (Lipinski definition) is 7. The Bertz CT molecular complexity index is 1240. The second-order valence-electron chi connectivity index (χ2n) is 9.24. The fourth-order valence-electron chi connectivity index (χ4n) is 3.25. The Hall–Kier alpha value is -3.17. The molecule has 11 heteroatoms. The van der Waals surface area contributed by atoms with E-state index < -0.39 is 24.2 Å². The Morgan fingerprint density at radius 3 is 1.66 bits per heavy atom. The lowest BCUT2D eigenvalue weighted by Gasteiger charge is -2.10. The number of hydrogen-bond donors (Lipinski definition) is 1. The van der Waals surface area contributed by atoms with Crippen molar-refractivity contribution >= 4 is 52.7 Å². The van der Waals surface area contributed by atoms with E-state index >= 15 is 0 Å². The van der Waals surface area contributed by atoms with Crippen molar-refractivity contribution in [1.82, 2.24) is 0 Å². The zero-order chi connectivity index (χ0) is 32.9. The maximum atomic E-state index is 13.5. The minimum Gasteiger partial charge on any atom is -0.465 e. The molecule has 0 unspecified atom stereocenters. The highest BCUT2D eigenvalue weighted by molar-refractivity contribution is 6.31. The van der Waals surface area contributed by atoms with Crippen LogP contribution in [0.25, 0.3) is 0 Å². The van der Waals surface area contributed by atoms with Crippen LogP contribution in [0.4, 0.5) is 4.39 Å². The van der Waals surface area contributed by atoms with Crippen LogP contribution in [-0.2, 0) is 35.0 Å². The molecule has 0 saturated carbocycles. The molecule has 3 rings (SSSR count). The number of esters is 3. The molecular formula is C33H38Cl3FO7. The van der Waals surface area contributed by atoms with Crippen molar-refractivity contribution in [3.63, 3.8) is 0 Å². The molecule has 3 aromatic rings. The smallest absolute Gasteiger partial charge is 0.345 e. The molecule has 240 valence electrons. The summed E-state index contributed by atoms with van der Waals surface area (Å²) in [5.41, 5.74) is 1.56. The van der Waals surface area contributed by atoms with Gasteiger partial charge in [0.15, 0.2) is 6.10 Å². The summed E-state index contributed by atoms with van der Waals surface area (Å²) in [7, 11) is 0. The number of halogens is 4. The second kappa shape index (κ2) is 22.4. The predicted molar refractivity (Wildman–Crippen MR) is 171 cm³/mol. The number of aliphatic hydroxyl groups excluding tert-OH is 1. The molecule has 0 aliphatic heterocycles. The van der Waals surface area contributed by atoms with Gasteiger partial charge in [-0.1, -0.05) is 92.0 Å². The van der Waals surface area contributed by atoms with Crippen molar-refractivity contribution in [2.24, 2.45) is 0 Å². The van der Waals surface area contributed by atoms with Gasteiger partial charge in [0.1, 0.15) is 0 Å². The average Bonchev–Trinajstić information content (AvgIpc) is 3.01. The summed E-state index contributed by atoms with van der Waals surface area (Å²) < 4.78 is 28.0. The highest BCUT2D eigenvalue weighted by Crippen LogP contribution is 2.22. The SMILES string of the molecule is CCCOC(=O)Cc1cccc(Cl)c1.CCCOC(=O)[C@@H](O)c1cccc(Cl)c1.CCCOC(=O)[C@H](F)c1cccc(Cl)c1. The molecule has 0 spiro atoms. The zero-order valence-corrected chi connectivity index (χ0v) is 27.2. The van der Waals surface area contributed by atoms with Crippen molar-refractivity contribution in [2.75, 3.05) is 19.8 Å². The van der Waals surface area contributed by atoms with E-state index in [9.17, 15) is 23.9 Å². The first-order chi connectivity index (χ1) is 21.0. The monoisotopic (exact) mass is 670 g/mol. The van der Waals surface area contributed by atoms with Crippen LogP contribution in [0.2, 0.25) is 15.1 Å². The van der Waals surface area contributed by atoms with E-state index in [0.29, 0.717) is 46.7 Å². The topological polar surface area (TPSA) is 99.1 Å². The number of carbonyl (C=O) groups excluding carboxylic acids is 3. The lowest BCUT2D eigenvalue weighted by atomic mass is 10.1. The van der Waals surface area contributed by atoms with E-state index in [0.717, 1.165) is 18.4 Å². The van der Waals surface area contributed by atoms with Gasteiger partial charge in [0, 0.05) is 15.1 Å². The number of alkyl halides is 1. The first-order valence-electron chi connectivity index (χ1n) is 14.1. The van der Waals surface area contributed by atoms with E-state index in [2.05, 4.69) is 0 Å². The molecule has 1 N–H and O–H groups in total. The summed E-state index contributed by atoms with van der Waals surface area (Å²) in [5.74, 6) is -1.70. The van der Waals surface area contributed by atoms with Crippen molar-refractivity contribution < 1.29 is 38.1 Å². The van der Waals surface area contributed by atoms with Crippen molar-refractivity contribution in [3.05, 3.63) is 105 Å². The molecule has 0 aliphatic rings. The third-order valence-electron chi connectivity index (χ3n) is 5.34. The summed E-state index contributed by atoms with van der Waals surface area (Å²) in [6.07, 6.45) is -0.463. The van der Waals surface area contributed by atoms with E-state index in [4.69, 9.17) is 49.0 Å². The van der Waals surface area contributed by atoms with Gasteiger partial charge in [-0.2, -0.15) is 0 Å². The maximum Gasteiger partial charge on any atom is 0.345 e. The molecule has 0 fully saturated rings. The molecule has 7 nitrogen and oxygen atoms in total. The Balaban J connectivity index is 0.000000330. The molecule has 0 aliphatic carbocycles.